The molecule has 4 aromatic rings. The molecular weight excluding hydrogens is 426 g/mol. The molecule has 1 heterocycles. The van der Waals surface area contributed by atoms with Gasteiger partial charge in [0, 0.05) is 31.1 Å². The van der Waals surface area contributed by atoms with E-state index in [9.17, 15) is 4.79 Å². The molecule has 6 nitrogen and oxygen atoms in total. The van der Waals surface area contributed by atoms with E-state index < -0.39 is 0 Å². The van der Waals surface area contributed by atoms with E-state index in [2.05, 4.69) is 16.0 Å². The predicted molar refractivity (Wildman–Crippen MR) is 135 cm³/mol. The van der Waals surface area contributed by atoms with Crippen LogP contribution in [0.3, 0.4) is 0 Å². The van der Waals surface area contributed by atoms with Crippen molar-refractivity contribution in [1.29, 1.82) is 0 Å². The van der Waals surface area contributed by atoms with Gasteiger partial charge < -0.3 is 19.4 Å². The number of nitrogens with zero attached hydrogens (tertiary/aromatic N) is 2. The number of imidazole rings is 1. The van der Waals surface area contributed by atoms with E-state index in [1.165, 1.54) is 0 Å². The molecule has 1 aromatic heterocycles. The molecule has 176 valence electrons. The van der Waals surface area contributed by atoms with Crippen molar-refractivity contribution in [3.63, 3.8) is 0 Å². The van der Waals surface area contributed by atoms with Gasteiger partial charge in [0.15, 0.2) is 0 Å². The molecule has 6 heteroatoms. The van der Waals surface area contributed by atoms with Crippen LogP contribution in [0, 0.1) is 6.92 Å². The van der Waals surface area contributed by atoms with E-state index in [1.807, 2.05) is 73.7 Å². The first-order valence-corrected chi connectivity index (χ1v) is 11.7. The highest BCUT2D eigenvalue weighted by Gasteiger charge is 2.11. The van der Waals surface area contributed by atoms with Crippen molar-refractivity contribution in [1.82, 2.24) is 14.9 Å². The van der Waals surface area contributed by atoms with Gasteiger partial charge in [-0.3, -0.25) is 4.79 Å². The number of carbonyl (C=O) groups excluding carboxylic acids is 1. The fourth-order valence-electron chi connectivity index (χ4n) is 3.92. The highest BCUT2D eigenvalue weighted by molar-refractivity contribution is 5.94. The molecule has 4 rings (SSSR count). The third kappa shape index (κ3) is 5.95. The maximum atomic E-state index is 12.4. The summed E-state index contributed by atoms with van der Waals surface area (Å²) in [5.41, 5.74) is 3.95. The second kappa shape index (κ2) is 11.4. The fraction of sp³-hybridized carbons (Fsp3) is 0.286. The number of hydrogen-bond acceptors (Lipinski definition) is 4. The minimum absolute atomic E-state index is 0.0387. The molecule has 0 radical (unpaired) electrons. The van der Waals surface area contributed by atoms with Crippen molar-refractivity contribution in [2.45, 2.75) is 32.7 Å². The average Bonchev–Trinajstić information content (AvgIpc) is 3.22. The minimum Gasteiger partial charge on any atom is -0.497 e. The topological polar surface area (TPSA) is 65.4 Å². The first kappa shape index (κ1) is 23.4. The van der Waals surface area contributed by atoms with Gasteiger partial charge in [-0.2, -0.15) is 0 Å². The summed E-state index contributed by atoms with van der Waals surface area (Å²) in [5.74, 6) is 2.59. The van der Waals surface area contributed by atoms with Gasteiger partial charge in [0.05, 0.1) is 24.8 Å². The summed E-state index contributed by atoms with van der Waals surface area (Å²) in [7, 11) is 1.65. The van der Waals surface area contributed by atoms with Crippen molar-refractivity contribution in [3.8, 4) is 11.5 Å². The third-order valence-corrected chi connectivity index (χ3v) is 5.75. The summed E-state index contributed by atoms with van der Waals surface area (Å²) in [5, 5.41) is 3.02. The van der Waals surface area contributed by atoms with Gasteiger partial charge in [0.25, 0.3) is 5.91 Å². The molecule has 0 spiro atoms. The van der Waals surface area contributed by atoms with Gasteiger partial charge in [0.2, 0.25) is 0 Å². The number of para-hydroxylation sites is 2. The van der Waals surface area contributed by atoms with Crippen molar-refractivity contribution in [3.05, 3.63) is 89.7 Å². The molecular formula is C28H31N3O3. The van der Waals surface area contributed by atoms with Crippen LogP contribution in [0.15, 0.2) is 72.8 Å². The first-order valence-electron chi connectivity index (χ1n) is 11.7. The maximum Gasteiger partial charge on any atom is 0.251 e. The number of aromatic nitrogens is 2. The SMILES string of the molecule is COc1cccc(OCCCn2c(CCCNC(=O)c3ccc(C)cc3)nc3ccccc32)c1. The van der Waals surface area contributed by atoms with Crippen LogP contribution in [0.5, 0.6) is 11.5 Å². The standard InChI is InChI=1S/C28H31N3O3/c1-21-13-15-22(16-14-21)28(32)29-17-6-12-27-30-25-10-3-4-11-26(25)31(27)18-7-19-34-24-9-5-8-23(20-24)33-2/h3-5,8-11,13-16,20H,6-7,12,17-19H2,1-2H3,(H,29,32). The monoisotopic (exact) mass is 457 g/mol. The molecule has 0 fully saturated rings. The highest BCUT2D eigenvalue weighted by atomic mass is 16.5. The number of hydrogen-bond donors (Lipinski definition) is 1. The van der Waals surface area contributed by atoms with Gasteiger partial charge in [-0.25, -0.2) is 4.98 Å². The van der Waals surface area contributed by atoms with E-state index in [0.29, 0.717) is 18.7 Å². The predicted octanol–water partition coefficient (Wildman–Crippen LogP) is 5.19. The molecule has 3 aromatic carbocycles. The van der Waals surface area contributed by atoms with Crippen molar-refractivity contribution in [2.24, 2.45) is 0 Å². The van der Waals surface area contributed by atoms with Gasteiger partial charge in [-0.1, -0.05) is 35.9 Å². The number of benzene rings is 3. The number of rotatable bonds is 11. The van der Waals surface area contributed by atoms with Crippen LogP contribution in [0.4, 0.5) is 0 Å². The minimum atomic E-state index is -0.0387. The van der Waals surface area contributed by atoms with E-state index in [0.717, 1.165) is 59.7 Å². The van der Waals surface area contributed by atoms with Gasteiger partial charge >= 0.3 is 0 Å². The Balaban J connectivity index is 1.32. The molecule has 34 heavy (non-hydrogen) atoms. The number of amides is 1. The Morgan fingerprint density at radius 3 is 2.59 bits per heavy atom. The average molecular weight is 458 g/mol. The normalized spacial score (nSPS) is 10.9. The third-order valence-electron chi connectivity index (χ3n) is 5.75. The number of methoxy groups -OCH3 is 1. The summed E-state index contributed by atoms with van der Waals surface area (Å²) < 4.78 is 13.4. The number of fused-ring (bicyclic) bond motifs is 1. The van der Waals surface area contributed by atoms with Gasteiger partial charge in [-0.15, -0.1) is 0 Å². The van der Waals surface area contributed by atoms with Gasteiger partial charge in [-0.05, 0) is 56.2 Å². The number of carbonyl (C=O) groups is 1. The lowest BCUT2D eigenvalue weighted by Gasteiger charge is -2.11. The van der Waals surface area contributed by atoms with Crippen LogP contribution in [0.2, 0.25) is 0 Å². The molecule has 0 aliphatic carbocycles. The zero-order valence-electron chi connectivity index (χ0n) is 19.8. The van der Waals surface area contributed by atoms with E-state index in [1.54, 1.807) is 7.11 Å². The Bertz CT molecular complexity index is 1230. The zero-order valence-corrected chi connectivity index (χ0v) is 19.8. The summed E-state index contributed by atoms with van der Waals surface area (Å²) in [6.07, 6.45) is 2.47. The summed E-state index contributed by atoms with van der Waals surface area (Å²) in [4.78, 5) is 17.2. The number of aryl methyl sites for hydroxylation is 3. The highest BCUT2D eigenvalue weighted by Crippen LogP contribution is 2.20. The zero-order chi connectivity index (χ0) is 23.8. The number of nitrogens with one attached hydrogen (secondary N) is 1. The molecule has 1 N–H and O–H groups in total. The smallest absolute Gasteiger partial charge is 0.251 e. The lowest BCUT2D eigenvalue weighted by atomic mass is 10.1. The lowest BCUT2D eigenvalue weighted by Crippen LogP contribution is -2.25. The Hall–Kier alpha value is -3.80. The fourth-order valence-corrected chi connectivity index (χ4v) is 3.92. The molecule has 0 aliphatic heterocycles. The maximum absolute atomic E-state index is 12.4. The molecule has 1 amide bonds. The van der Waals surface area contributed by atoms with Crippen LogP contribution in [0.1, 0.15) is 34.6 Å². The number of ether oxygens (including phenoxy) is 2. The second-order valence-corrected chi connectivity index (χ2v) is 8.27. The summed E-state index contributed by atoms with van der Waals surface area (Å²) >= 11 is 0. The molecule has 0 aliphatic rings. The quantitative estimate of drug-likeness (QED) is 0.315. The summed E-state index contributed by atoms with van der Waals surface area (Å²) in [6.45, 7) is 4.04. The molecule has 0 saturated carbocycles. The van der Waals surface area contributed by atoms with Crippen LogP contribution in [-0.4, -0.2) is 35.7 Å². The Morgan fingerprint density at radius 2 is 1.76 bits per heavy atom. The lowest BCUT2D eigenvalue weighted by molar-refractivity contribution is 0.0953. The van der Waals surface area contributed by atoms with Crippen LogP contribution in [0.25, 0.3) is 11.0 Å². The van der Waals surface area contributed by atoms with E-state index in [4.69, 9.17) is 14.5 Å². The Morgan fingerprint density at radius 1 is 0.971 bits per heavy atom. The van der Waals surface area contributed by atoms with Crippen molar-refractivity contribution >= 4 is 16.9 Å². The Labute approximate surface area is 200 Å². The molecule has 0 saturated heterocycles. The summed E-state index contributed by atoms with van der Waals surface area (Å²) in [6, 6.07) is 23.5. The van der Waals surface area contributed by atoms with Crippen molar-refractivity contribution in [2.75, 3.05) is 20.3 Å². The Kier molecular flexibility index (Phi) is 7.81. The van der Waals surface area contributed by atoms with Crippen LogP contribution in [-0.2, 0) is 13.0 Å². The van der Waals surface area contributed by atoms with E-state index in [-0.39, 0.29) is 5.91 Å². The molecule has 0 atom stereocenters. The first-order chi connectivity index (χ1) is 16.6. The van der Waals surface area contributed by atoms with Crippen LogP contribution >= 0.6 is 0 Å². The molecule has 0 bridgehead atoms. The van der Waals surface area contributed by atoms with E-state index >= 15 is 0 Å². The molecule has 0 unspecified atom stereocenters. The van der Waals surface area contributed by atoms with Crippen molar-refractivity contribution < 1.29 is 14.3 Å². The van der Waals surface area contributed by atoms with Crippen LogP contribution < -0.4 is 14.8 Å². The van der Waals surface area contributed by atoms with Gasteiger partial charge in [0.1, 0.15) is 17.3 Å². The second-order valence-electron chi connectivity index (χ2n) is 8.27. The largest absolute Gasteiger partial charge is 0.497 e.